The average molecular weight is 506 g/mol. The molecule has 3 N–H and O–H groups in total. The fraction of sp³-hybridized carbons (Fsp3) is 0.458. The molecule has 3 amide bonds. The van der Waals surface area contributed by atoms with E-state index in [0.29, 0.717) is 29.6 Å². The van der Waals surface area contributed by atoms with Gasteiger partial charge in [0.25, 0.3) is 5.91 Å². The summed E-state index contributed by atoms with van der Waals surface area (Å²) < 4.78 is 48.2. The van der Waals surface area contributed by atoms with E-state index in [1.807, 2.05) is 0 Å². The number of nitrogens with one attached hydrogen (secondary N) is 3. The molecule has 2 aromatic rings. The molecule has 2 aliphatic rings. The number of ether oxygens (including phenoxy) is 2. The Hall–Kier alpha value is -3.72. The van der Waals surface area contributed by atoms with E-state index >= 15 is 0 Å². The second-order valence-corrected chi connectivity index (χ2v) is 8.74. The summed E-state index contributed by atoms with van der Waals surface area (Å²) in [5, 5.41) is 5.90. The number of alkyl halides is 3. The quantitative estimate of drug-likeness (QED) is 0.497. The Morgan fingerprint density at radius 3 is 2.78 bits per heavy atom. The lowest BCUT2D eigenvalue weighted by molar-refractivity contribution is -0.340. The Morgan fingerprint density at radius 2 is 2.14 bits per heavy atom. The van der Waals surface area contributed by atoms with Crippen molar-refractivity contribution in [1.82, 2.24) is 20.5 Å². The fourth-order valence-corrected chi connectivity index (χ4v) is 4.71. The molecule has 36 heavy (non-hydrogen) atoms. The van der Waals surface area contributed by atoms with E-state index in [1.165, 1.54) is 13.2 Å². The van der Waals surface area contributed by atoms with Crippen LogP contribution in [0.3, 0.4) is 0 Å². The van der Waals surface area contributed by atoms with Gasteiger partial charge < -0.3 is 25.3 Å². The smallest absolute Gasteiger partial charge is 0.496 e. The maximum absolute atomic E-state index is 13.4. The molecule has 2 fully saturated rings. The molecule has 0 spiro atoms. The van der Waals surface area contributed by atoms with E-state index < -0.39 is 42.9 Å². The third-order valence-corrected chi connectivity index (χ3v) is 6.40. The Labute approximate surface area is 204 Å². The van der Waals surface area contributed by atoms with Crippen LogP contribution in [0.5, 0.6) is 5.75 Å². The summed E-state index contributed by atoms with van der Waals surface area (Å²) in [5.41, 5.74) is 0.666. The summed E-state index contributed by atoms with van der Waals surface area (Å²) >= 11 is 0. The molecule has 0 radical (unpaired) electrons. The van der Waals surface area contributed by atoms with E-state index in [9.17, 15) is 27.6 Å². The maximum Gasteiger partial charge on any atom is 0.522 e. The van der Waals surface area contributed by atoms with Crippen molar-refractivity contribution >= 4 is 28.6 Å². The van der Waals surface area contributed by atoms with E-state index in [1.54, 1.807) is 18.2 Å². The molecule has 9 nitrogen and oxygen atoms in total. The number of rotatable bonds is 7. The molecule has 1 aromatic carbocycles. The van der Waals surface area contributed by atoms with Gasteiger partial charge in [-0.2, -0.15) is 0 Å². The first kappa shape index (κ1) is 25.4. The van der Waals surface area contributed by atoms with E-state index in [0.717, 1.165) is 4.90 Å². The summed E-state index contributed by atoms with van der Waals surface area (Å²) in [7, 11) is 1.47. The van der Waals surface area contributed by atoms with Crippen LogP contribution >= 0.6 is 0 Å². The number of carbonyl (C=O) groups is 3. The number of halogens is 3. The molecule has 1 aromatic heterocycles. The summed E-state index contributed by atoms with van der Waals surface area (Å²) in [6, 6.07) is 4.57. The van der Waals surface area contributed by atoms with Gasteiger partial charge in [0, 0.05) is 36.3 Å². The molecule has 3 heterocycles. The number of methoxy groups -OCH3 is 1. The summed E-state index contributed by atoms with van der Waals surface area (Å²) in [5.74, 6) is 0.978. The molecule has 4 atom stereocenters. The first-order valence-electron chi connectivity index (χ1n) is 11.3. The molecule has 4 unspecified atom stereocenters. The summed E-state index contributed by atoms with van der Waals surface area (Å²) in [6.07, 6.45) is -0.460. The van der Waals surface area contributed by atoms with Gasteiger partial charge in [0.05, 0.1) is 19.3 Å². The number of carbonyl (C=O) groups excluding carboxylic acids is 3. The van der Waals surface area contributed by atoms with Crippen molar-refractivity contribution in [1.29, 1.82) is 0 Å². The van der Waals surface area contributed by atoms with Gasteiger partial charge in [-0.05, 0) is 31.0 Å². The predicted octanol–water partition coefficient (Wildman–Crippen LogP) is 1.94. The number of benzene rings is 1. The summed E-state index contributed by atoms with van der Waals surface area (Å²) in [4.78, 5) is 42.3. The number of hydrogen-bond acceptors (Lipinski definition) is 5. The lowest BCUT2D eigenvalue weighted by atomic mass is 9.98. The van der Waals surface area contributed by atoms with Crippen molar-refractivity contribution in [3.63, 3.8) is 0 Å². The van der Waals surface area contributed by atoms with Gasteiger partial charge in [-0.1, -0.05) is 12.0 Å². The minimum Gasteiger partial charge on any atom is -0.496 e. The second-order valence-electron chi connectivity index (χ2n) is 8.74. The van der Waals surface area contributed by atoms with Crippen LogP contribution in [0.25, 0.3) is 10.9 Å². The van der Waals surface area contributed by atoms with Crippen LogP contribution < -0.4 is 15.4 Å². The molecule has 12 heteroatoms. The monoisotopic (exact) mass is 506 g/mol. The summed E-state index contributed by atoms with van der Waals surface area (Å²) in [6.45, 7) is 0.0556. The van der Waals surface area contributed by atoms with E-state index in [4.69, 9.17) is 11.2 Å². The minimum absolute atomic E-state index is 0.0797. The van der Waals surface area contributed by atoms with Crippen LogP contribution in [0, 0.1) is 18.3 Å². The number of hydrogen-bond donors (Lipinski definition) is 3. The van der Waals surface area contributed by atoms with Gasteiger partial charge in [-0.3, -0.25) is 19.1 Å². The molecular formula is C24H25F3N4O5. The van der Waals surface area contributed by atoms with Gasteiger partial charge in [-0.15, -0.1) is 19.6 Å². The third-order valence-electron chi connectivity index (χ3n) is 6.40. The van der Waals surface area contributed by atoms with Crippen LogP contribution in [0.15, 0.2) is 24.3 Å². The second kappa shape index (κ2) is 10.1. The zero-order chi connectivity index (χ0) is 26.0. The third kappa shape index (κ3) is 5.41. The molecule has 192 valence electrons. The van der Waals surface area contributed by atoms with Crippen molar-refractivity contribution in [2.75, 3.05) is 20.2 Å². The Kier molecular flexibility index (Phi) is 7.12. The Bertz CT molecular complexity index is 1200. The van der Waals surface area contributed by atoms with E-state index in [-0.39, 0.29) is 30.4 Å². The normalized spacial score (nSPS) is 22.8. The maximum atomic E-state index is 13.4. The van der Waals surface area contributed by atoms with Crippen LogP contribution in [0.2, 0.25) is 0 Å². The standard InChI is InChI=1S/C24H25F3N4O5/c1-3-14(9-13-7-8-28-21(13)32)29-22(33)19-10-15(36-24(25,26)27)12-31(19)23(34)18-11-16-17(30-18)5-4-6-20(16)35-2/h1,4-6,11,13-15,19,30H,7-10,12H2,2H3,(H,28,32)(H,29,33). The van der Waals surface area contributed by atoms with Gasteiger partial charge in [-0.25, -0.2) is 0 Å². The first-order valence-corrected chi connectivity index (χ1v) is 11.3. The van der Waals surface area contributed by atoms with Crippen LogP contribution in [0.1, 0.15) is 29.8 Å². The van der Waals surface area contributed by atoms with Crippen molar-refractivity contribution in [3.8, 4) is 18.1 Å². The van der Waals surface area contributed by atoms with Crippen LogP contribution in [-0.2, 0) is 14.3 Å². The van der Waals surface area contributed by atoms with Crippen LogP contribution in [-0.4, -0.2) is 72.4 Å². The molecule has 4 rings (SSSR count). The number of fused-ring (bicyclic) bond motifs is 1. The number of likely N-dealkylation sites (tertiary alicyclic amines) is 1. The van der Waals surface area contributed by atoms with Gasteiger partial charge >= 0.3 is 6.36 Å². The zero-order valence-electron chi connectivity index (χ0n) is 19.4. The number of amides is 3. The van der Waals surface area contributed by atoms with Crippen molar-refractivity contribution in [2.24, 2.45) is 5.92 Å². The number of H-pyrrole nitrogens is 1. The number of nitrogens with zero attached hydrogens (tertiary/aromatic N) is 1. The molecule has 0 bridgehead atoms. The molecule has 2 saturated heterocycles. The highest BCUT2D eigenvalue weighted by Crippen LogP contribution is 2.31. The highest BCUT2D eigenvalue weighted by Gasteiger charge is 2.45. The minimum atomic E-state index is -4.93. The van der Waals surface area contributed by atoms with Crippen molar-refractivity contribution in [3.05, 3.63) is 30.0 Å². The zero-order valence-corrected chi connectivity index (χ0v) is 19.4. The largest absolute Gasteiger partial charge is 0.522 e. The Morgan fingerprint density at radius 1 is 1.36 bits per heavy atom. The SMILES string of the molecule is C#CC(CC1CCNC1=O)NC(=O)C1CC(OC(F)(F)F)CN1C(=O)c1cc2c(OC)cccc2[nH]1. The number of aromatic nitrogens is 1. The van der Waals surface area contributed by atoms with Crippen LogP contribution in [0.4, 0.5) is 13.2 Å². The van der Waals surface area contributed by atoms with Crippen molar-refractivity contribution in [2.45, 2.75) is 43.8 Å². The molecule has 0 aliphatic carbocycles. The molecular weight excluding hydrogens is 481 g/mol. The van der Waals surface area contributed by atoms with Crippen molar-refractivity contribution < 1.29 is 37.0 Å². The molecule has 2 aliphatic heterocycles. The predicted molar refractivity (Wildman–Crippen MR) is 122 cm³/mol. The lowest BCUT2D eigenvalue weighted by Crippen LogP contribution is -2.49. The average Bonchev–Trinajstić information content (AvgIpc) is 3.55. The fourth-order valence-electron chi connectivity index (χ4n) is 4.71. The Balaban J connectivity index is 1.55. The topological polar surface area (TPSA) is 113 Å². The first-order chi connectivity index (χ1) is 17.1. The van der Waals surface area contributed by atoms with Gasteiger partial charge in [0.1, 0.15) is 17.5 Å². The lowest BCUT2D eigenvalue weighted by Gasteiger charge is -2.25. The molecule has 0 saturated carbocycles. The van der Waals surface area contributed by atoms with E-state index in [2.05, 4.69) is 26.3 Å². The van der Waals surface area contributed by atoms with Gasteiger partial charge in [0.2, 0.25) is 11.8 Å². The number of terminal acetylenes is 1. The van der Waals surface area contributed by atoms with Gasteiger partial charge in [0.15, 0.2) is 0 Å². The highest BCUT2D eigenvalue weighted by molar-refractivity contribution is 6.01. The highest BCUT2D eigenvalue weighted by atomic mass is 19.4. The number of aromatic amines is 1.